The van der Waals surface area contributed by atoms with Gasteiger partial charge in [0.15, 0.2) is 0 Å². The minimum Gasteiger partial charge on any atom is -0.472 e. The number of aliphatic hydroxyl groups is 1. The van der Waals surface area contributed by atoms with Crippen LogP contribution in [-0.2, 0) is 6.42 Å². The molecule has 12 heavy (non-hydrogen) atoms. The van der Waals surface area contributed by atoms with Crippen LogP contribution < -0.4 is 5.32 Å². The van der Waals surface area contributed by atoms with E-state index < -0.39 is 0 Å². The van der Waals surface area contributed by atoms with E-state index in [1.165, 1.54) is 5.56 Å². The standard InChI is InChI=1S/C9H13NO2/c11-9-5-10-4-8(9)3-7-1-2-12-6-7/h1-2,6,8-11H,3-5H2. The van der Waals surface area contributed by atoms with Crippen molar-refractivity contribution in [3.63, 3.8) is 0 Å². The Labute approximate surface area is 71.4 Å². The van der Waals surface area contributed by atoms with E-state index in [-0.39, 0.29) is 6.10 Å². The Bertz CT molecular complexity index is 233. The van der Waals surface area contributed by atoms with Crippen LogP contribution in [-0.4, -0.2) is 24.3 Å². The third-order valence-corrected chi connectivity index (χ3v) is 2.38. The fourth-order valence-corrected chi connectivity index (χ4v) is 1.64. The molecule has 2 unspecified atom stereocenters. The van der Waals surface area contributed by atoms with E-state index in [0.717, 1.165) is 19.5 Å². The van der Waals surface area contributed by atoms with Gasteiger partial charge in [-0.15, -0.1) is 0 Å². The first kappa shape index (κ1) is 7.83. The summed E-state index contributed by atoms with van der Waals surface area (Å²) in [5.41, 5.74) is 1.17. The van der Waals surface area contributed by atoms with Gasteiger partial charge in [-0.3, -0.25) is 0 Å². The highest BCUT2D eigenvalue weighted by Gasteiger charge is 2.24. The average molecular weight is 167 g/mol. The van der Waals surface area contributed by atoms with E-state index in [1.807, 2.05) is 6.07 Å². The highest BCUT2D eigenvalue weighted by Crippen LogP contribution is 2.15. The molecule has 0 amide bonds. The molecule has 1 aliphatic rings. The van der Waals surface area contributed by atoms with Crippen molar-refractivity contribution in [2.24, 2.45) is 5.92 Å². The summed E-state index contributed by atoms with van der Waals surface area (Å²) in [4.78, 5) is 0. The molecule has 1 aromatic rings. The average Bonchev–Trinajstić information content (AvgIpc) is 2.65. The van der Waals surface area contributed by atoms with Crippen molar-refractivity contribution in [3.8, 4) is 0 Å². The van der Waals surface area contributed by atoms with Crippen molar-refractivity contribution >= 4 is 0 Å². The zero-order valence-electron chi connectivity index (χ0n) is 6.86. The number of β-amino-alcohol motifs (C(OH)–C–C–N with tert-alkyl or cyclic N) is 1. The summed E-state index contributed by atoms with van der Waals surface area (Å²) in [7, 11) is 0. The summed E-state index contributed by atoms with van der Waals surface area (Å²) >= 11 is 0. The van der Waals surface area contributed by atoms with E-state index in [9.17, 15) is 5.11 Å². The van der Waals surface area contributed by atoms with E-state index in [2.05, 4.69) is 5.32 Å². The third kappa shape index (κ3) is 1.52. The Morgan fingerprint density at radius 2 is 2.50 bits per heavy atom. The van der Waals surface area contributed by atoms with Crippen LogP contribution in [0.25, 0.3) is 0 Å². The van der Waals surface area contributed by atoms with Gasteiger partial charge in [0.2, 0.25) is 0 Å². The summed E-state index contributed by atoms with van der Waals surface area (Å²) in [5, 5.41) is 12.6. The van der Waals surface area contributed by atoms with Crippen molar-refractivity contribution in [1.82, 2.24) is 5.32 Å². The van der Waals surface area contributed by atoms with E-state index in [1.54, 1.807) is 12.5 Å². The minimum absolute atomic E-state index is 0.195. The van der Waals surface area contributed by atoms with Gasteiger partial charge in [-0.05, 0) is 18.1 Å². The lowest BCUT2D eigenvalue weighted by Crippen LogP contribution is -2.19. The number of rotatable bonds is 2. The van der Waals surface area contributed by atoms with Crippen LogP contribution in [0.1, 0.15) is 5.56 Å². The molecule has 0 saturated carbocycles. The van der Waals surface area contributed by atoms with Gasteiger partial charge in [0.1, 0.15) is 0 Å². The second-order valence-corrected chi connectivity index (χ2v) is 3.32. The monoisotopic (exact) mass is 167 g/mol. The lowest BCUT2D eigenvalue weighted by molar-refractivity contribution is 0.147. The van der Waals surface area contributed by atoms with Gasteiger partial charge >= 0.3 is 0 Å². The predicted molar refractivity (Wildman–Crippen MR) is 44.8 cm³/mol. The molecular weight excluding hydrogens is 154 g/mol. The van der Waals surface area contributed by atoms with Crippen LogP contribution in [0.15, 0.2) is 23.0 Å². The van der Waals surface area contributed by atoms with Gasteiger partial charge in [-0.25, -0.2) is 0 Å². The van der Waals surface area contributed by atoms with Gasteiger partial charge in [-0.2, -0.15) is 0 Å². The molecule has 0 radical (unpaired) electrons. The second kappa shape index (κ2) is 3.29. The van der Waals surface area contributed by atoms with Gasteiger partial charge in [0.25, 0.3) is 0 Å². The van der Waals surface area contributed by atoms with Crippen molar-refractivity contribution in [2.75, 3.05) is 13.1 Å². The zero-order valence-corrected chi connectivity index (χ0v) is 6.86. The topological polar surface area (TPSA) is 45.4 Å². The van der Waals surface area contributed by atoms with Crippen molar-refractivity contribution < 1.29 is 9.52 Å². The molecule has 0 aliphatic carbocycles. The maximum Gasteiger partial charge on any atom is 0.0934 e. The van der Waals surface area contributed by atoms with Gasteiger partial charge in [0, 0.05) is 19.0 Å². The van der Waals surface area contributed by atoms with Gasteiger partial charge < -0.3 is 14.8 Å². The van der Waals surface area contributed by atoms with Crippen LogP contribution >= 0.6 is 0 Å². The normalized spacial score (nSPS) is 29.4. The van der Waals surface area contributed by atoms with Gasteiger partial charge in [-0.1, -0.05) is 0 Å². The summed E-state index contributed by atoms with van der Waals surface area (Å²) in [5.74, 6) is 0.350. The Morgan fingerprint density at radius 3 is 3.08 bits per heavy atom. The largest absolute Gasteiger partial charge is 0.472 e. The molecule has 66 valence electrons. The molecule has 1 aliphatic heterocycles. The quantitative estimate of drug-likeness (QED) is 0.670. The SMILES string of the molecule is OC1CNCC1Cc1ccoc1. The maximum atomic E-state index is 9.49. The van der Waals surface area contributed by atoms with Crippen LogP contribution in [0.3, 0.4) is 0 Å². The molecular formula is C9H13NO2. The molecule has 2 heterocycles. The van der Waals surface area contributed by atoms with Crippen LogP contribution in [0.4, 0.5) is 0 Å². The molecule has 0 spiro atoms. The van der Waals surface area contributed by atoms with Crippen LogP contribution in [0.5, 0.6) is 0 Å². The molecule has 1 saturated heterocycles. The Hall–Kier alpha value is -0.800. The summed E-state index contributed by atoms with van der Waals surface area (Å²) in [6.45, 7) is 1.63. The Kier molecular flexibility index (Phi) is 2.15. The predicted octanol–water partition coefficient (Wildman–Crippen LogP) is 0.402. The van der Waals surface area contributed by atoms with Crippen LogP contribution in [0, 0.1) is 5.92 Å². The first-order valence-corrected chi connectivity index (χ1v) is 4.26. The fourth-order valence-electron chi connectivity index (χ4n) is 1.64. The van der Waals surface area contributed by atoms with Gasteiger partial charge in [0.05, 0.1) is 18.6 Å². The van der Waals surface area contributed by atoms with Crippen molar-refractivity contribution in [3.05, 3.63) is 24.2 Å². The molecule has 1 fully saturated rings. The van der Waals surface area contributed by atoms with Crippen molar-refractivity contribution in [1.29, 1.82) is 0 Å². The molecule has 0 aromatic carbocycles. The lowest BCUT2D eigenvalue weighted by atomic mass is 9.99. The zero-order chi connectivity index (χ0) is 8.39. The van der Waals surface area contributed by atoms with E-state index in [4.69, 9.17) is 4.42 Å². The molecule has 3 nitrogen and oxygen atoms in total. The van der Waals surface area contributed by atoms with E-state index in [0.29, 0.717) is 5.92 Å². The lowest BCUT2D eigenvalue weighted by Gasteiger charge is -2.10. The molecule has 0 bridgehead atoms. The number of hydrogen-bond donors (Lipinski definition) is 2. The number of nitrogens with one attached hydrogen (secondary N) is 1. The number of hydrogen-bond acceptors (Lipinski definition) is 3. The summed E-state index contributed by atoms with van der Waals surface area (Å²) in [6, 6.07) is 1.95. The third-order valence-electron chi connectivity index (χ3n) is 2.38. The maximum absolute atomic E-state index is 9.49. The minimum atomic E-state index is -0.195. The van der Waals surface area contributed by atoms with Crippen LogP contribution in [0.2, 0.25) is 0 Å². The highest BCUT2D eigenvalue weighted by molar-refractivity contribution is 5.07. The summed E-state index contributed by atoms with van der Waals surface area (Å²) < 4.78 is 4.96. The first-order valence-electron chi connectivity index (χ1n) is 4.26. The number of aliphatic hydroxyl groups excluding tert-OH is 1. The smallest absolute Gasteiger partial charge is 0.0934 e. The second-order valence-electron chi connectivity index (χ2n) is 3.32. The van der Waals surface area contributed by atoms with Crippen molar-refractivity contribution in [2.45, 2.75) is 12.5 Å². The summed E-state index contributed by atoms with van der Waals surface area (Å²) in [6.07, 6.45) is 4.12. The molecule has 1 aromatic heterocycles. The Balaban J connectivity index is 1.95. The molecule has 3 heteroatoms. The molecule has 2 rings (SSSR count). The highest BCUT2D eigenvalue weighted by atomic mass is 16.3. The number of furan rings is 1. The molecule has 2 atom stereocenters. The first-order chi connectivity index (χ1) is 5.86. The molecule has 2 N–H and O–H groups in total. The Morgan fingerprint density at radius 1 is 1.58 bits per heavy atom. The fraction of sp³-hybridized carbons (Fsp3) is 0.556. The van der Waals surface area contributed by atoms with E-state index >= 15 is 0 Å².